The highest BCUT2D eigenvalue weighted by atomic mass is 32.1. The Hall–Kier alpha value is -3.16. The minimum absolute atomic E-state index is 0.102. The number of amides is 1. The van der Waals surface area contributed by atoms with Gasteiger partial charge in [0.25, 0.3) is 5.91 Å². The smallest absolute Gasteiger partial charge is 0.312 e. The third-order valence-electron chi connectivity index (χ3n) is 5.47. The van der Waals surface area contributed by atoms with Crippen LogP contribution in [0.25, 0.3) is 16.9 Å². The van der Waals surface area contributed by atoms with Crippen molar-refractivity contribution in [2.75, 3.05) is 13.7 Å². The van der Waals surface area contributed by atoms with Crippen LogP contribution in [0.3, 0.4) is 0 Å². The number of nitrogens with zero attached hydrogens (tertiary/aromatic N) is 1. The molecular weight excluding hydrogens is 452 g/mol. The van der Waals surface area contributed by atoms with Gasteiger partial charge in [-0.2, -0.15) is 0 Å². The zero-order valence-corrected chi connectivity index (χ0v) is 20.3. The molecule has 0 bridgehead atoms. The molecule has 0 fully saturated rings. The fourth-order valence-corrected chi connectivity index (χ4v) is 5.32. The Morgan fingerprint density at radius 1 is 1.06 bits per heavy atom. The van der Waals surface area contributed by atoms with Crippen LogP contribution in [0.1, 0.15) is 33.6 Å². The highest BCUT2D eigenvalue weighted by Crippen LogP contribution is 2.31. The van der Waals surface area contributed by atoms with Crippen LogP contribution in [0.4, 0.5) is 0 Å². The number of nitrogens with one attached hydrogen (secondary N) is 1. The Morgan fingerprint density at radius 2 is 1.91 bits per heavy atom. The van der Waals surface area contributed by atoms with Crippen molar-refractivity contribution in [3.8, 4) is 22.7 Å². The van der Waals surface area contributed by atoms with Crippen LogP contribution in [-0.4, -0.2) is 24.1 Å². The summed E-state index contributed by atoms with van der Waals surface area (Å²) in [6, 6.07) is 17.3. The van der Waals surface area contributed by atoms with Crippen molar-refractivity contribution in [2.24, 2.45) is 0 Å². The summed E-state index contributed by atoms with van der Waals surface area (Å²) >= 11 is 2.90. The summed E-state index contributed by atoms with van der Waals surface area (Å²) in [4.78, 5) is 26.8. The quantitative estimate of drug-likeness (QED) is 0.314. The molecule has 0 aliphatic rings. The summed E-state index contributed by atoms with van der Waals surface area (Å²) in [7, 11) is 1.61. The minimum Gasteiger partial charge on any atom is -0.494 e. The van der Waals surface area contributed by atoms with Crippen molar-refractivity contribution in [1.82, 2.24) is 9.88 Å². The number of para-hydroxylation sites is 1. The maximum absolute atomic E-state index is 12.7. The summed E-state index contributed by atoms with van der Waals surface area (Å²) in [5.41, 5.74) is 3.76. The number of hydrogen-bond acceptors (Lipinski definition) is 5. The Balaban J connectivity index is 1.50. The molecule has 0 aliphatic carbocycles. The monoisotopic (exact) mass is 478 g/mol. The molecule has 7 heteroatoms. The Morgan fingerprint density at radius 3 is 2.70 bits per heavy atom. The average Bonchev–Trinajstić information content (AvgIpc) is 3.48. The van der Waals surface area contributed by atoms with Gasteiger partial charge in [-0.05, 0) is 61.4 Å². The van der Waals surface area contributed by atoms with Crippen LogP contribution in [0.5, 0.6) is 5.75 Å². The van der Waals surface area contributed by atoms with E-state index in [0.717, 1.165) is 47.4 Å². The second-order valence-electron chi connectivity index (χ2n) is 7.72. The molecule has 0 unspecified atom stereocenters. The van der Waals surface area contributed by atoms with Crippen molar-refractivity contribution in [3.63, 3.8) is 0 Å². The molecule has 0 radical (unpaired) electrons. The number of rotatable bonds is 9. The predicted molar refractivity (Wildman–Crippen MR) is 136 cm³/mol. The second-order valence-corrected chi connectivity index (χ2v) is 9.58. The molecule has 4 rings (SSSR count). The molecule has 0 aliphatic heterocycles. The van der Waals surface area contributed by atoms with Crippen LogP contribution < -0.4 is 14.9 Å². The number of benzene rings is 2. The van der Waals surface area contributed by atoms with Gasteiger partial charge in [-0.3, -0.25) is 14.2 Å². The largest absolute Gasteiger partial charge is 0.494 e. The first-order chi connectivity index (χ1) is 16.1. The Labute approximate surface area is 201 Å². The predicted octanol–water partition coefficient (Wildman–Crippen LogP) is 5.70. The molecule has 0 saturated heterocycles. The third kappa shape index (κ3) is 5.26. The lowest BCUT2D eigenvalue weighted by Crippen LogP contribution is -2.24. The van der Waals surface area contributed by atoms with E-state index in [0.29, 0.717) is 23.5 Å². The van der Waals surface area contributed by atoms with Gasteiger partial charge in [0, 0.05) is 27.9 Å². The summed E-state index contributed by atoms with van der Waals surface area (Å²) < 4.78 is 7.23. The number of aryl methyl sites for hydroxylation is 2. The van der Waals surface area contributed by atoms with E-state index in [1.165, 1.54) is 4.88 Å². The number of hydrogen-bond donors (Lipinski definition) is 1. The topological polar surface area (TPSA) is 60.3 Å². The van der Waals surface area contributed by atoms with Crippen molar-refractivity contribution < 1.29 is 9.53 Å². The van der Waals surface area contributed by atoms with E-state index >= 15 is 0 Å². The molecule has 5 nitrogen and oxygen atoms in total. The maximum atomic E-state index is 12.7. The van der Waals surface area contributed by atoms with E-state index in [4.69, 9.17) is 4.74 Å². The number of carbonyl (C=O) groups excluding carboxylic acids is 1. The summed E-state index contributed by atoms with van der Waals surface area (Å²) in [5.74, 6) is 0.556. The maximum Gasteiger partial charge on any atom is 0.312 e. The summed E-state index contributed by atoms with van der Waals surface area (Å²) in [6.07, 6.45) is 3.02. The number of thiophene rings is 1. The fraction of sp³-hybridized carbons (Fsp3) is 0.231. The number of methoxy groups -OCH3 is 1. The average molecular weight is 479 g/mol. The molecular formula is C26H26N2O3S2. The molecule has 2 aromatic heterocycles. The van der Waals surface area contributed by atoms with Crippen LogP contribution in [0.2, 0.25) is 0 Å². The first kappa shape index (κ1) is 23.0. The fourth-order valence-electron chi connectivity index (χ4n) is 3.82. The van der Waals surface area contributed by atoms with Gasteiger partial charge < -0.3 is 10.1 Å². The van der Waals surface area contributed by atoms with Crippen LogP contribution in [0.15, 0.2) is 70.2 Å². The molecule has 0 saturated carbocycles. The number of ether oxygens (including phenoxy) is 1. The lowest BCUT2D eigenvalue weighted by Gasteiger charge is -2.14. The lowest BCUT2D eigenvalue weighted by atomic mass is 10.1. The van der Waals surface area contributed by atoms with Crippen LogP contribution >= 0.6 is 22.7 Å². The zero-order valence-electron chi connectivity index (χ0n) is 18.7. The number of thiazole rings is 1. The summed E-state index contributed by atoms with van der Waals surface area (Å²) in [6.45, 7) is 2.59. The van der Waals surface area contributed by atoms with E-state index in [2.05, 4.69) is 22.8 Å². The van der Waals surface area contributed by atoms with Gasteiger partial charge in [0.05, 0.1) is 18.5 Å². The molecule has 2 aromatic carbocycles. The van der Waals surface area contributed by atoms with Crippen LogP contribution in [-0.2, 0) is 6.42 Å². The molecule has 33 heavy (non-hydrogen) atoms. The highest BCUT2D eigenvalue weighted by Gasteiger charge is 2.17. The van der Waals surface area contributed by atoms with Crippen molar-refractivity contribution in [2.45, 2.75) is 26.2 Å². The molecule has 170 valence electrons. The summed E-state index contributed by atoms with van der Waals surface area (Å²) in [5, 5.41) is 6.93. The van der Waals surface area contributed by atoms with E-state index in [1.807, 2.05) is 48.7 Å². The van der Waals surface area contributed by atoms with E-state index in [9.17, 15) is 9.59 Å². The Kier molecular flexibility index (Phi) is 7.42. The normalized spacial score (nSPS) is 10.8. The molecule has 4 aromatic rings. The van der Waals surface area contributed by atoms with Gasteiger partial charge >= 0.3 is 4.87 Å². The van der Waals surface area contributed by atoms with Crippen LogP contribution in [0, 0.1) is 6.92 Å². The first-order valence-electron chi connectivity index (χ1n) is 10.8. The molecule has 2 heterocycles. The van der Waals surface area contributed by atoms with Gasteiger partial charge in [-0.15, -0.1) is 11.3 Å². The number of aromatic nitrogens is 1. The molecule has 0 atom stereocenters. The SMILES string of the molecule is COc1c(C)cccc1-n1c(-c2cccc(C(=O)NCCCCc3cccs3)c2)csc1=O. The van der Waals surface area contributed by atoms with E-state index in [-0.39, 0.29) is 10.8 Å². The van der Waals surface area contributed by atoms with Gasteiger partial charge in [-0.1, -0.05) is 41.7 Å². The van der Waals surface area contributed by atoms with Crippen molar-refractivity contribution in [1.29, 1.82) is 0 Å². The minimum atomic E-state index is -0.106. The molecule has 1 amide bonds. The third-order valence-corrected chi connectivity index (χ3v) is 7.13. The van der Waals surface area contributed by atoms with Gasteiger partial charge in [-0.25, -0.2) is 0 Å². The Bertz CT molecular complexity index is 1290. The molecule has 0 spiro atoms. The lowest BCUT2D eigenvalue weighted by molar-refractivity contribution is 0.0953. The zero-order chi connectivity index (χ0) is 23.2. The van der Waals surface area contributed by atoms with Crippen molar-refractivity contribution >= 4 is 28.6 Å². The van der Waals surface area contributed by atoms with Gasteiger partial charge in [0.1, 0.15) is 5.75 Å². The van der Waals surface area contributed by atoms with Gasteiger partial charge in [0.2, 0.25) is 0 Å². The van der Waals surface area contributed by atoms with E-state index in [1.54, 1.807) is 29.1 Å². The second kappa shape index (κ2) is 10.6. The van der Waals surface area contributed by atoms with E-state index < -0.39 is 0 Å². The number of unbranched alkanes of at least 4 members (excludes halogenated alkanes) is 1. The van der Waals surface area contributed by atoms with Crippen molar-refractivity contribution in [3.05, 3.63) is 91.0 Å². The highest BCUT2D eigenvalue weighted by molar-refractivity contribution is 7.09. The van der Waals surface area contributed by atoms with Gasteiger partial charge in [0.15, 0.2) is 0 Å². The first-order valence-corrected chi connectivity index (χ1v) is 12.6. The number of carbonyl (C=O) groups is 1. The molecule has 1 N–H and O–H groups in total. The standard InChI is InChI=1S/C26H26N2O3S2/c1-18-8-5-13-22(24(18)31-2)28-23(17-33-26(28)30)19-9-6-10-20(16-19)25(29)27-14-4-3-11-21-12-7-15-32-21/h5-10,12-13,15-17H,3-4,11,14H2,1-2H3,(H,27,29).